The minimum atomic E-state index is -1.07. The number of hydrogen-bond acceptors (Lipinski definition) is 11. The molecule has 0 aliphatic rings. The minimum absolute atomic E-state index is 0.0188. The Bertz CT molecular complexity index is 991. The number of ether oxygens (including phenoxy) is 6. The molecular weight excluding hydrogens is 534 g/mol. The third-order valence-corrected chi connectivity index (χ3v) is 5.84. The molecule has 0 spiro atoms. The predicted octanol–water partition coefficient (Wildman–Crippen LogP) is 5.59. The van der Waals surface area contributed by atoms with Crippen LogP contribution < -0.4 is 15.2 Å². The summed E-state index contributed by atoms with van der Waals surface area (Å²) in [5.41, 5.74) is 6.59. The van der Waals surface area contributed by atoms with E-state index in [1.54, 1.807) is 19.9 Å². The molecule has 0 aliphatic carbocycles. The van der Waals surface area contributed by atoms with Crippen molar-refractivity contribution in [2.24, 2.45) is 23.5 Å². The average Bonchev–Trinajstić information content (AvgIpc) is 2.84. The van der Waals surface area contributed by atoms with Crippen LogP contribution in [0.3, 0.4) is 0 Å². The summed E-state index contributed by atoms with van der Waals surface area (Å²) < 4.78 is 31.5. The van der Waals surface area contributed by atoms with Gasteiger partial charge in [0, 0.05) is 6.42 Å². The van der Waals surface area contributed by atoms with Gasteiger partial charge in [-0.3, -0.25) is 9.59 Å². The fourth-order valence-corrected chi connectivity index (χ4v) is 3.23. The van der Waals surface area contributed by atoms with E-state index in [0.717, 1.165) is 0 Å². The van der Waals surface area contributed by atoms with Crippen molar-refractivity contribution in [3.63, 3.8) is 0 Å². The van der Waals surface area contributed by atoms with Crippen molar-refractivity contribution in [1.29, 1.82) is 0 Å². The van der Waals surface area contributed by atoms with E-state index in [-0.39, 0.29) is 49.4 Å². The van der Waals surface area contributed by atoms with Crippen LogP contribution in [-0.4, -0.2) is 55.7 Å². The van der Waals surface area contributed by atoms with Gasteiger partial charge in [0.1, 0.15) is 18.2 Å². The number of carbonyl (C=O) groups excluding carboxylic acids is 4. The molecule has 0 unspecified atom stereocenters. The van der Waals surface area contributed by atoms with Gasteiger partial charge in [-0.15, -0.1) is 0 Å². The lowest BCUT2D eigenvalue weighted by Crippen LogP contribution is -2.39. The molecule has 11 nitrogen and oxygen atoms in total. The topological polar surface area (TPSA) is 150 Å². The first-order valence-corrected chi connectivity index (χ1v) is 14.2. The van der Waals surface area contributed by atoms with Crippen LogP contribution in [0.15, 0.2) is 18.2 Å². The zero-order valence-corrected chi connectivity index (χ0v) is 25.6. The Morgan fingerprint density at radius 1 is 0.707 bits per heavy atom. The van der Waals surface area contributed by atoms with E-state index in [9.17, 15) is 19.2 Å². The molecule has 0 fully saturated rings. The van der Waals surface area contributed by atoms with Crippen LogP contribution in [0.25, 0.3) is 0 Å². The molecule has 0 radical (unpaired) electrons. The molecule has 0 heterocycles. The second-order valence-electron chi connectivity index (χ2n) is 11.3. The molecule has 1 rings (SSSR count). The third kappa shape index (κ3) is 15.3. The highest BCUT2D eigenvalue weighted by Gasteiger charge is 2.25. The molecular formula is C30H47NO10. The van der Waals surface area contributed by atoms with Crippen molar-refractivity contribution in [1.82, 2.24) is 0 Å². The van der Waals surface area contributed by atoms with Gasteiger partial charge in [0.2, 0.25) is 0 Å². The Morgan fingerprint density at radius 3 is 1.73 bits per heavy atom. The van der Waals surface area contributed by atoms with Crippen LogP contribution >= 0.6 is 0 Å². The van der Waals surface area contributed by atoms with Crippen molar-refractivity contribution in [2.45, 2.75) is 99.3 Å². The first-order valence-electron chi connectivity index (χ1n) is 14.2. The molecule has 1 aromatic rings. The zero-order chi connectivity index (χ0) is 31.1. The number of esters is 2. The zero-order valence-electron chi connectivity index (χ0n) is 25.6. The molecule has 0 aliphatic heterocycles. The molecule has 0 amide bonds. The molecule has 3 atom stereocenters. The van der Waals surface area contributed by atoms with Crippen LogP contribution in [-0.2, 0) is 35.0 Å². The van der Waals surface area contributed by atoms with Crippen molar-refractivity contribution in [3.8, 4) is 11.5 Å². The fourth-order valence-electron chi connectivity index (χ4n) is 3.23. The van der Waals surface area contributed by atoms with Crippen molar-refractivity contribution in [3.05, 3.63) is 23.8 Å². The molecule has 0 aromatic heterocycles. The Kier molecular flexibility index (Phi) is 15.8. The van der Waals surface area contributed by atoms with Gasteiger partial charge in [0.05, 0.1) is 13.2 Å². The highest BCUT2D eigenvalue weighted by molar-refractivity contribution is 5.76. The maximum absolute atomic E-state index is 12.6. The smallest absolute Gasteiger partial charge is 0.459 e. The number of benzene rings is 1. The van der Waals surface area contributed by atoms with Gasteiger partial charge < -0.3 is 34.2 Å². The summed E-state index contributed by atoms with van der Waals surface area (Å²) >= 11 is 0. The predicted molar refractivity (Wildman–Crippen MR) is 152 cm³/mol. The van der Waals surface area contributed by atoms with Gasteiger partial charge in [-0.1, -0.05) is 47.6 Å². The van der Waals surface area contributed by atoms with E-state index in [4.69, 9.17) is 34.2 Å². The Hall–Kier alpha value is -3.34. The maximum atomic E-state index is 12.6. The molecule has 1 aromatic carbocycles. The highest BCUT2D eigenvalue weighted by atomic mass is 16.7. The van der Waals surface area contributed by atoms with E-state index >= 15 is 0 Å². The Morgan fingerprint density at radius 2 is 1.22 bits per heavy atom. The second-order valence-corrected chi connectivity index (χ2v) is 11.3. The normalized spacial score (nSPS) is 13.4. The quantitative estimate of drug-likeness (QED) is 0.148. The molecule has 0 bridgehead atoms. The van der Waals surface area contributed by atoms with E-state index in [1.807, 2.05) is 41.5 Å². The molecule has 232 valence electrons. The van der Waals surface area contributed by atoms with E-state index in [1.165, 1.54) is 12.1 Å². The number of nitrogens with two attached hydrogens (primary N) is 1. The fraction of sp³-hybridized carbons (Fsp3) is 0.667. The van der Waals surface area contributed by atoms with Gasteiger partial charge in [-0.25, -0.2) is 9.59 Å². The molecule has 11 heteroatoms. The van der Waals surface area contributed by atoms with Gasteiger partial charge in [0.25, 0.3) is 0 Å². The van der Waals surface area contributed by atoms with E-state index in [0.29, 0.717) is 30.2 Å². The number of carbonyl (C=O) groups is 4. The van der Waals surface area contributed by atoms with Crippen LogP contribution in [0, 0.1) is 17.8 Å². The average molecular weight is 582 g/mol. The molecule has 0 saturated heterocycles. The van der Waals surface area contributed by atoms with Crippen molar-refractivity contribution < 1.29 is 47.6 Å². The van der Waals surface area contributed by atoms with Crippen molar-refractivity contribution >= 4 is 24.2 Å². The van der Waals surface area contributed by atoms with Crippen LogP contribution in [0.2, 0.25) is 0 Å². The van der Waals surface area contributed by atoms with Crippen LogP contribution in [0.5, 0.6) is 11.5 Å². The van der Waals surface area contributed by atoms with Crippen LogP contribution in [0.1, 0.15) is 80.2 Å². The summed E-state index contributed by atoms with van der Waals surface area (Å²) in [5, 5.41) is 0. The first kappa shape index (κ1) is 35.7. The van der Waals surface area contributed by atoms with Crippen molar-refractivity contribution in [2.75, 3.05) is 13.2 Å². The largest absolute Gasteiger partial charge is 0.513 e. The standard InChI is InChI=1S/C30H47NO10/c1-18(2)11-13-36-29(34)40-25-10-9-23(17-26(25)41-30(35)37-14-12-19(3)4)16-24(31)28(33)39-22(8)21(7)38-27(32)15-20(5)6/h9-10,17-22,24H,11-16,31H2,1-8H3/t21-,22-,24-/m0/s1. The summed E-state index contributed by atoms with van der Waals surface area (Å²) in [6.45, 7) is 15.4. The van der Waals surface area contributed by atoms with Gasteiger partial charge in [-0.2, -0.15) is 0 Å². The lowest BCUT2D eigenvalue weighted by Gasteiger charge is -2.23. The van der Waals surface area contributed by atoms with Gasteiger partial charge in [0.15, 0.2) is 11.5 Å². The lowest BCUT2D eigenvalue weighted by atomic mass is 10.1. The Labute approximate surface area is 243 Å². The molecule has 2 N–H and O–H groups in total. The number of rotatable bonds is 16. The minimum Gasteiger partial charge on any atom is -0.459 e. The number of hydrogen-bond donors (Lipinski definition) is 1. The first-order chi connectivity index (χ1) is 19.2. The maximum Gasteiger partial charge on any atom is 0.513 e. The van der Waals surface area contributed by atoms with E-state index in [2.05, 4.69) is 0 Å². The third-order valence-electron chi connectivity index (χ3n) is 5.84. The summed E-state index contributed by atoms with van der Waals surface area (Å²) in [6.07, 6.45) is -1.72. The monoisotopic (exact) mass is 581 g/mol. The SMILES string of the molecule is CC(C)CCOC(=O)Oc1ccc(C[C@H](N)C(=O)O[C@@H](C)[C@H](C)OC(=O)CC(C)C)cc1OC(=O)OCCC(C)C. The molecule has 41 heavy (non-hydrogen) atoms. The summed E-state index contributed by atoms with van der Waals surface area (Å²) in [4.78, 5) is 49.0. The second kappa shape index (κ2) is 18.2. The Balaban J connectivity index is 2.91. The highest BCUT2D eigenvalue weighted by Crippen LogP contribution is 2.30. The van der Waals surface area contributed by atoms with Crippen LogP contribution in [0.4, 0.5) is 9.59 Å². The summed E-state index contributed by atoms with van der Waals surface area (Å²) in [7, 11) is 0. The van der Waals surface area contributed by atoms with Gasteiger partial charge >= 0.3 is 24.2 Å². The van der Waals surface area contributed by atoms with Gasteiger partial charge in [-0.05, 0) is 68.6 Å². The molecule has 0 saturated carbocycles. The lowest BCUT2D eigenvalue weighted by molar-refractivity contribution is -0.166. The summed E-state index contributed by atoms with van der Waals surface area (Å²) in [6, 6.07) is 3.33. The van der Waals surface area contributed by atoms with E-state index < -0.39 is 36.5 Å². The summed E-state index contributed by atoms with van der Waals surface area (Å²) in [5.74, 6) is -0.435.